The number of piperidine rings is 1. The van der Waals surface area contributed by atoms with Gasteiger partial charge in [-0.05, 0) is 50.1 Å². The lowest BCUT2D eigenvalue weighted by atomic mass is 9.69. The van der Waals surface area contributed by atoms with Crippen LogP contribution in [0, 0.1) is 11.3 Å². The molecular weight excluding hydrogens is 232 g/mol. The number of rotatable bonds is 3. The molecule has 0 amide bonds. The Kier molecular flexibility index (Phi) is 5.30. The van der Waals surface area contributed by atoms with Crippen LogP contribution in [0.5, 0.6) is 0 Å². The fourth-order valence-electron chi connectivity index (χ4n) is 4.15. The predicted molar refractivity (Wildman–Crippen MR) is 83.5 cm³/mol. The number of hydrogen-bond acceptors (Lipinski definition) is 2. The molecule has 0 aromatic carbocycles. The van der Waals surface area contributed by atoms with Gasteiger partial charge in [-0.1, -0.05) is 40.5 Å². The minimum absolute atomic E-state index is 0.456. The summed E-state index contributed by atoms with van der Waals surface area (Å²) in [6, 6.07) is 1.50. The van der Waals surface area contributed by atoms with Crippen molar-refractivity contribution in [2.24, 2.45) is 11.3 Å². The Balaban J connectivity index is 1.92. The van der Waals surface area contributed by atoms with Gasteiger partial charge in [0.1, 0.15) is 0 Å². The van der Waals surface area contributed by atoms with Crippen LogP contribution in [0.4, 0.5) is 0 Å². The van der Waals surface area contributed by atoms with Crippen LogP contribution in [0.15, 0.2) is 0 Å². The average molecular weight is 266 g/mol. The van der Waals surface area contributed by atoms with Crippen LogP contribution in [-0.4, -0.2) is 36.6 Å². The molecule has 19 heavy (non-hydrogen) atoms. The lowest BCUT2D eigenvalue weighted by Crippen LogP contribution is -2.53. The van der Waals surface area contributed by atoms with Crippen LogP contribution in [0.25, 0.3) is 0 Å². The summed E-state index contributed by atoms with van der Waals surface area (Å²) in [5.41, 5.74) is 0.456. The van der Waals surface area contributed by atoms with Crippen molar-refractivity contribution in [3.63, 3.8) is 0 Å². The predicted octanol–water partition coefficient (Wildman–Crippen LogP) is 3.67. The van der Waals surface area contributed by atoms with Crippen LogP contribution in [0.1, 0.15) is 66.2 Å². The van der Waals surface area contributed by atoms with Crippen LogP contribution in [0.2, 0.25) is 0 Å². The van der Waals surface area contributed by atoms with Gasteiger partial charge < -0.3 is 10.2 Å². The van der Waals surface area contributed by atoms with E-state index in [0.717, 1.165) is 18.0 Å². The van der Waals surface area contributed by atoms with E-state index >= 15 is 0 Å². The molecule has 0 radical (unpaired) electrons. The van der Waals surface area contributed by atoms with Gasteiger partial charge in [0.2, 0.25) is 0 Å². The number of nitrogens with zero attached hydrogens (tertiary/aromatic N) is 1. The molecule has 1 aliphatic carbocycles. The lowest BCUT2D eigenvalue weighted by molar-refractivity contribution is 0.105. The maximum absolute atomic E-state index is 4.04. The van der Waals surface area contributed by atoms with Gasteiger partial charge in [0.25, 0.3) is 0 Å². The largest absolute Gasteiger partial charge is 0.310 e. The van der Waals surface area contributed by atoms with E-state index in [0.29, 0.717) is 5.41 Å². The third-order valence-corrected chi connectivity index (χ3v) is 5.28. The summed E-state index contributed by atoms with van der Waals surface area (Å²) in [5.74, 6) is 0.859. The molecule has 2 heteroatoms. The quantitative estimate of drug-likeness (QED) is 0.838. The standard InChI is InChI=1S/C17H34N2/c1-5-19-12-8-9-14(13-19)18-16-11-7-6-10-15(16)17(2,3)4/h14-16,18H,5-13H2,1-4H3. The van der Waals surface area contributed by atoms with Gasteiger partial charge in [-0.15, -0.1) is 0 Å². The molecule has 1 heterocycles. The number of likely N-dealkylation sites (tertiary alicyclic amines) is 1. The SMILES string of the molecule is CCN1CCCC(NC2CCCCC2C(C)(C)C)C1. The topological polar surface area (TPSA) is 15.3 Å². The van der Waals surface area contributed by atoms with E-state index in [1.165, 1.54) is 58.2 Å². The molecule has 0 aromatic heterocycles. The average Bonchev–Trinajstić information content (AvgIpc) is 2.38. The zero-order valence-electron chi connectivity index (χ0n) is 13.5. The normalized spacial score (nSPS) is 34.4. The summed E-state index contributed by atoms with van der Waals surface area (Å²) in [5, 5.41) is 4.04. The Bertz CT molecular complexity index is 269. The zero-order chi connectivity index (χ0) is 13.9. The van der Waals surface area contributed by atoms with Crippen LogP contribution in [0.3, 0.4) is 0 Å². The second kappa shape index (κ2) is 6.58. The Hall–Kier alpha value is -0.0800. The summed E-state index contributed by atoms with van der Waals surface area (Å²) >= 11 is 0. The van der Waals surface area contributed by atoms with Gasteiger partial charge in [-0.25, -0.2) is 0 Å². The number of hydrogen-bond donors (Lipinski definition) is 1. The first-order chi connectivity index (χ1) is 9.00. The van der Waals surface area contributed by atoms with Crippen molar-refractivity contribution in [2.75, 3.05) is 19.6 Å². The van der Waals surface area contributed by atoms with E-state index in [-0.39, 0.29) is 0 Å². The van der Waals surface area contributed by atoms with E-state index in [1.807, 2.05) is 0 Å². The van der Waals surface area contributed by atoms with Gasteiger partial charge >= 0.3 is 0 Å². The van der Waals surface area contributed by atoms with E-state index in [9.17, 15) is 0 Å². The molecule has 112 valence electrons. The molecular formula is C17H34N2. The summed E-state index contributed by atoms with van der Waals surface area (Å²) in [6.07, 6.45) is 8.43. The van der Waals surface area contributed by atoms with Crippen molar-refractivity contribution in [1.82, 2.24) is 10.2 Å². The van der Waals surface area contributed by atoms with E-state index in [4.69, 9.17) is 0 Å². The van der Waals surface area contributed by atoms with Gasteiger partial charge in [0, 0.05) is 18.6 Å². The van der Waals surface area contributed by atoms with E-state index < -0.39 is 0 Å². The Morgan fingerprint density at radius 1 is 1.05 bits per heavy atom. The highest BCUT2D eigenvalue weighted by molar-refractivity contribution is 4.91. The minimum Gasteiger partial charge on any atom is -0.310 e. The molecule has 1 N–H and O–H groups in total. The van der Waals surface area contributed by atoms with E-state index in [1.54, 1.807) is 0 Å². The van der Waals surface area contributed by atoms with Crippen LogP contribution < -0.4 is 5.32 Å². The highest BCUT2D eigenvalue weighted by atomic mass is 15.2. The van der Waals surface area contributed by atoms with Crippen molar-refractivity contribution in [1.29, 1.82) is 0 Å². The van der Waals surface area contributed by atoms with Crippen molar-refractivity contribution in [2.45, 2.75) is 78.3 Å². The smallest absolute Gasteiger partial charge is 0.0198 e. The number of likely N-dealkylation sites (N-methyl/N-ethyl adjacent to an activating group) is 1. The van der Waals surface area contributed by atoms with Crippen molar-refractivity contribution >= 4 is 0 Å². The molecule has 1 saturated carbocycles. The second-order valence-electron chi connectivity index (χ2n) is 7.76. The molecule has 2 rings (SSSR count). The highest BCUT2D eigenvalue weighted by Crippen LogP contribution is 2.38. The first-order valence-electron chi connectivity index (χ1n) is 8.49. The molecule has 1 saturated heterocycles. The van der Waals surface area contributed by atoms with Gasteiger partial charge in [-0.3, -0.25) is 0 Å². The summed E-state index contributed by atoms with van der Waals surface area (Å²) in [4.78, 5) is 2.61. The first kappa shape index (κ1) is 15.3. The third kappa shape index (κ3) is 4.19. The van der Waals surface area contributed by atoms with E-state index in [2.05, 4.69) is 37.9 Å². The summed E-state index contributed by atoms with van der Waals surface area (Å²) < 4.78 is 0. The monoisotopic (exact) mass is 266 g/mol. The van der Waals surface area contributed by atoms with Crippen molar-refractivity contribution in [3.05, 3.63) is 0 Å². The maximum atomic E-state index is 4.04. The first-order valence-corrected chi connectivity index (χ1v) is 8.49. The molecule has 3 atom stereocenters. The molecule has 0 spiro atoms. The maximum Gasteiger partial charge on any atom is 0.0198 e. The van der Waals surface area contributed by atoms with Gasteiger partial charge in [-0.2, -0.15) is 0 Å². The van der Waals surface area contributed by atoms with Crippen molar-refractivity contribution in [3.8, 4) is 0 Å². The fraction of sp³-hybridized carbons (Fsp3) is 1.00. The second-order valence-corrected chi connectivity index (χ2v) is 7.76. The fourth-order valence-corrected chi connectivity index (χ4v) is 4.15. The molecule has 2 fully saturated rings. The molecule has 1 aliphatic heterocycles. The minimum atomic E-state index is 0.456. The molecule has 2 nitrogen and oxygen atoms in total. The Morgan fingerprint density at radius 3 is 2.47 bits per heavy atom. The van der Waals surface area contributed by atoms with Crippen LogP contribution in [-0.2, 0) is 0 Å². The molecule has 3 unspecified atom stereocenters. The van der Waals surface area contributed by atoms with Gasteiger partial charge in [0.05, 0.1) is 0 Å². The summed E-state index contributed by atoms with van der Waals surface area (Å²) in [7, 11) is 0. The molecule has 0 aromatic rings. The summed E-state index contributed by atoms with van der Waals surface area (Å²) in [6.45, 7) is 13.4. The highest BCUT2D eigenvalue weighted by Gasteiger charge is 2.35. The third-order valence-electron chi connectivity index (χ3n) is 5.28. The number of nitrogens with one attached hydrogen (secondary N) is 1. The molecule has 0 bridgehead atoms. The van der Waals surface area contributed by atoms with Crippen molar-refractivity contribution < 1.29 is 0 Å². The van der Waals surface area contributed by atoms with Crippen LogP contribution >= 0.6 is 0 Å². The molecule has 2 aliphatic rings. The Morgan fingerprint density at radius 2 is 1.79 bits per heavy atom. The van der Waals surface area contributed by atoms with Gasteiger partial charge in [0.15, 0.2) is 0 Å². The Labute approximate surface area is 120 Å². The zero-order valence-corrected chi connectivity index (χ0v) is 13.5. The lowest BCUT2D eigenvalue weighted by Gasteiger charge is -2.44.